The van der Waals surface area contributed by atoms with Crippen LogP contribution in [0.1, 0.15) is 0 Å². The maximum atomic E-state index is 12.2. The molecule has 4 nitrogen and oxygen atoms in total. The van der Waals surface area contributed by atoms with Crippen LogP contribution in [-0.4, -0.2) is 21.6 Å². The van der Waals surface area contributed by atoms with E-state index in [1.54, 1.807) is 5.32 Å². The average Bonchev–Trinajstić information content (AvgIpc) is 2.81. The van der Waals surface area contributed by atoms with Crippen LogP contribution in [0.3, 0.4) is 0 Å². The second-order valence-corrected chi connectivity index (χ2v) is 3.97. The smallest absolute Gasteiger partial charge is 0.316 e. The highest BCUT2D eigenvalue weighted by molar-refractivity contribution is 6.33. The minimum atomic E-state index is -4.96. The highest BCUT2D eigenvalue weighted by atomic mass is 35.5. The molecule has 1 aromatic carbocycles. The summed E-state index contributed by atoms with van der Waals surface area (Å²) in [7, 11) is 0. The maximum Gasteiger partial charge on any atom is 0.471 e. The fraction of sp³-hybridized carbons (Fsp3) is 0.0909. The molecule has 0 aliphatic carbocycles. The summed E-state index contributed by atoms with van der Waals surface area (Å²) in [5, 5.41) is 1.98. The number of aromatic nitrogens is 2. The Balaban J connectivity index is 2.42. The first-order chi connectivity index (χ1) is 8.89. The second-order valence-electron chi connectivity index (χ2n) is 3.56. The molecule has 0 unspecified atom stereocenters. The molecule has 0 aliphatic rings. The summed E-state index contributed by atoms with van der Waals surface area (Å²) in [4.78, 5) is 14.7. The maximum absolute atomic E-state index is 12.2. The number of anilines is 1. The van der Waals surface area contributed by atoms with E-state index < -0.39 is 12.1 Å². The third-order valence-electron chi connectivity index (χ3n) is 2.26. The molecule has 0 saturated heterocycles. The predicted molar refractivity (Wildman–Crippen MR) is 63.3 cm³/mol. The van der Waals surface area contributed by atoms with Crippen LogP contribution >= 0.6 is 11.6 Å². The molecule has 1 aromatic heterocycles. The van der Waals surface area contributed by atoms with E-state index in [4.69, 9.17) is 11.6 Å². The number of amides is 1. The highest BCUT2D eigenvalue weighted by Crippen LogP contribution is 2.29. The van der Waals surface area contributed by atoms with Crippen molar-refractivity contribution in [2.45, 2.75) is 6.18 Å². The fourth-order valence-electron chi connectivity index (χ4n) is 1.46. The Labute approximate surface area is 110 Å². The Morgan fingerprint density at radius 3 is 2.68 bits per heavy atom. The van der Waals surface area contributed by atoms with E-state index in [2.05, 4.69) is 4.98 Å². The first kappa shape index (κ1) is 13.4. The summed E-state index contributed by atoms with van der Waals surface area (Å²) in [5.41, 5.74) is 0.173. The fourth-order valence-corrected chi connectivity index (χ4v) is 1.74. The van der Waals surface area contributed by atoms with Crippen molar-refractivity contribution in [3.63, 3.8) is 0 Å². The molecule has 1 amide bonds. The van der Waals surface area contributed by atoms with Gasteiger partial charge < -0.3 is 9.88 Å². The summed E-state index contributed by atoms with van der Waals surface area (Å²) in [6, 6.07) is 4.26. The van der Waals surface area contributed by atoms with Gasteiger partial charge in [-0.05, 0) is 12.1 Å². The molecule has 0 fully saturated rings. The van der Waals surface area contributed by atoms with Gasteiger partial charge in [0, 0.05) is 12.4 Å². The lowest BCUT2D eigenvalue weighted by Gasteiger charge is -2.14. The summed E-state index contributed by atoms with van der Waals surface area (Å²) in [6.07, 6.45) is -0.651. The molecule has 2 rings (SSSR count). The number of carbonyl (C=O) groups excluding carboxylic acids is 1. The number of para-hydroxylation sites is 1. The molecular weight excluding hydrogens is 283 g/mol. The average molecular weight is 290 g/mol. The highest BCUT2D eigenvalue weighted by Gasteiger charge is 2.39. The molecule has 0 radical (unpaired) electrons. The SMILES string of the molecule is O=C(Nc1cccc(Cl)c1-n1ccnc1)C(F)(F)F. The summed E-state index contributed by atoms with van der Waals surface area (Å²) in [6.45, 7) is 0. The lowest BCUT2D eigenvalue weighted by molar-refractivity contribution is -0.167. The molecule has 0 atom stereocenters. The number of carbonyl (C=O) groups is 1. The van der Waals surface area contributed by atoms with Crippen molar-refractivity contribution in [1.29, 1.82) is 0 Å². The zero-order chi connectivity index (χ0) is 14.0. The number of hydrogen-bond donors (Lipinski definition) is 1. The van der Waals surface area contributed by atoms with Crippen molar-refractivity contribution < 1.29 is 18.0 Å². The Bertz CT molecular complexity index is 596. The van der Waals surface area contributed by atoms with Gasteiger partial charge in [-0.3, -0.25) is 4.79 Å². The topological polar surface area (TPSA) is 46.9 Å². The van der Waals surface area contributed by atoms with Gasteiger partial charge in [-0.25, -0.2) is 4.98 Å². The second kappa shape index (κ2) is 4.93. The Morgan fingerprint density at radius 2 is 2.11 bits per heavy atom. The van der Waals surface area contributed by atoms with Gasteiger partial charge in [0.2, 0.25) is 0 Å². The lowest BCUT2D eigenvalue weighted by atomic mass is 10.2. The predicted octanol–water partition coefficient (Wildman–Crippen LogP) is 3.03. The van der Waals surface area contributed by atoms with Crippen LogP contribution in [0.25, 0.3) is 5.69 Å². The van der Waals surface area contributed by atoms with Gasteiger partial charge in [-0.2, -0.15) is 13.2 Å². The molecule has 8 heteroatoms. The van der Waals surface area contributed by atoms with Gasteiger partial charge in [0.1, 0.15) is 0 Å². The van der Waals surface area contributed by atoms with Crippen LogP contribution in [0.4, 0.5) is 18.9 Å². The van der Waals surface area contributed by atoms with Crippen LogP contribution < -0.4 is 5.32 Å². The van der Waals surface area contributed by atoms with Gasteiger partial charge in [-0.1, -0.05) is 17.7 Å². The van der Waals surface area contributed by atoms with Gasteiger partial charge in [0.05, 0.1) is 22.7 Å². The van der Waals surface area contributed by atoms with Gasteiger partial charge >= 0.3 is 12.1 Å². The number of benzene rings is 1. The van der Waals surface area contributed by atoms with Crippen LogP contribution in [0.15, 0.2) is 36.9 Å². The molecule has 0 aliphatic heterocycles. The molecule has 0 saturated carbocycles. The Kier molecular flexibility index (Phi) is 3.48. The van der Waals surface area contributed by atoms with Crippen molar-refractivity contribution in [2.24, 2.45) is 0 Å². The Morgan fingerprint density at radius 1 is 1.37 bits per heavy atom. The van der Waals surface area contributed by atoms with E-state index in [-0.39, 0.29) is 16.4 Å². The van der Waals surface area contributed by atoms with Crippen LogP contribution in [0.5, 0.6) is 0 Å². The van der Waals surface area contributed by atoms with E-state index in [1.165, 1.54) is 41.5 Å². The number of nitrogens with zero attached hydrogens (tertiary/aromatic N) is 2. The Hall–Kier alpha value is -2.02. The third kappa shape index (κ3) is 2.87. The van der Waals surface area contributed by atoms with E-state index in [9.17, 15) is 18.0 Å². The van der Waals surface area contributed by atoms with E-state index in [0.717, 1.165) is 0 Å². The van der Waals surface area contributed by atoms with Crippen molar-refractivity contribution >= 4 is 23.2 Å². The van der Waals surface area contributed by atoms with Crippen LogP contribution in [0, 0.1) is 0 Å². The lowest BCUT2D eigenvalue weighted by Crippen LogP contribution is -2.30. The molecule has 100 valence electrons. The van der Waals surface area contributed by atoms with E-state index >= 15 is 0 Å². The molecule has 2 aromatic rings. The number of rotatable bonds is 2. The van der Waals surface area contributed by atoms with Crippen molar-refractivity contribution in [2.75, 3.05) is 5.32 Å². The normalized spacial score (nSPS) is 11.4. The largest absolute Gasteiger partial charge is 0.471 e. The van der Waals surface area contributed by atoms with Gasteiger partial charge in [0.25, 0.3) is 0 Å². The van der Waals surface area contributed by atoms with Crippen LogP contribution in [0.2, 0.25) is 5.02 Å². The molecule has 0 bridgehead atoms. The monoisotopic (exact) mass is 289 g/mol. The zero-order valence-electron chi connectivity index (χ0n) is 9.28. The molecule has 1 N–H and O–H groups in total. The first-order valence-electron chi connectivity index (χ1n) is 5.04. The standard InChI is InChI=1S/C11H7ClF3N3O/c12-7-2-1-3-8(17-10(19)11(13,14)15)9(7)18-5-4-16-6-18/h1-6H,(H,17,19). The minimum Gasteiger partial charge on any atom is -0.316 e. The molecular formula is C11H7ClF3N3O. The molecule has 1 heterocycles. The van der Waals surface area contributed by atoms with Crippen molar-refractivity contribution in [3.8, 4) is 5.69 Å². The number of halogens is 4. The van der Waals surface area contributed by atoms with Crippen molar-refractivity contribution in [1.82, 2.24) is 9.55 Å². The zero-order valence-corrected chi connectivity index (χ0v) is 10.0. The van der Waals surface area contributed by atoms with Gasteiger partial charge in [0.15, 0.2) is 0 Å². The number of imidazole rings is 1. The summed E-state index contributed by atoms with van der Waals surface area (Å²) >= 11 is 5.94. The van der Waals surface area contributed by atoms with Gasteiger partial charge in [-0.15, -0.1) is 0 Å². The molecule has 19 heavy (non-hydrogen) atoms. The van der Waals surface area contributed by atoms with E-state index in [1.807, 2.05) is 0 Å². The number of hydrogen-bond acceptors (Lipinski definition) is 2. The third-order valence-corrected chi connectivity index (χ3v) is 2.56. The number of nitrogens with one attached hydrogen (secondary N) is 1. The van der Waals surface area contributed by atoms with E-state index in [0.29, 0.717) is 0 Å². The minimum absolute atomic E-state index is 0.0483. The quantitative estimate of drug-likeness (QED) is 0.924. The first-order valence-corrected chi connectivity index (χ1v) is 5.42. The summed E-state index contributed by atoms with van der Waals surface area (Å²) in [5.74, 6) is -2.06. The summed E-state index contributed by atoms with van der Waals surface area (Å²) < 4.78 is 38.1. The molecule has 0 spiro atoms. The van der Waals surface area contributed by atoms with Crippen LogP contribution in [-0.2, 0) is 4.79 Å². The van der Waals surface area contributed by atoms with Crippen molar-refractivity contribution in [3.05, 3.63) is 41.9 Å². The number of alkyl halides is 3.